The van der Waals surface area contributed by atoms with Crippen LogP contribution in [0, 0.1) is 0 Å². The molecule has 0 heterocycles. The van der Waals surface area contributed by atoms with Gasteiger partial charge in [-0.3, -0.25) is 11.3 Å². The second-order valence-corrected chi connectivity index (χ2v) is 4.75. The summed E-state index contributed by atoms with van der Waals surface area (Å²) in [4.78, 5) is 0. The summed E-state index contributed by atoms with van der Waals surface area (Å²) in [6, 6.07) is 5.85. The molecule has 1 unspecified atom stereocenters. The monoisotopic (exact) mass is 278 g/mol. The van der Waals surface area contributed by atoms with Gasteiger partial charge in [0.25, 0.3) is 0 Å². The molecule has 1 aromatic rings. The minimum atomic E-state index is 0.0729. The molecule has 0 saturated carbocycles. The van der Waals surface area contributed by atoms with Gasteiger partial charge in [-0.05, 0) is 37.5 Å². The lowest BCUT2D eigenvalue weighted by Gasteiger charge is -2.19. The smallest absolute Gasteiger partial charge is 0.123 e. The summed E-state index contributed by atoms with van der Waals surface area (Å²) < 4.78 is 10.7. The molecule has 1 aromatic carbocycles. The van der Waals surface area contributed by atoms with Crippen molar-refractivity contribution in [3.05, 3.63) is 36.4 Å². The maximum Gasteiger partial charge on any atom is 0.123 e. The Bertz CT molecular complexity index is 407. The third kappa shape index (κ3) is 4.87. The SMILES string of the molecule is C=CCCCCCC(NN)c1cc(OC)ccc1OC. The van der Waals surface area contributed by atoms with Gasteiger partial charge in [0.15, 0.2) is 0 Å². The van der Waals surface area contributed by atoms with Crippen molar-refractivity contribution in [2.75, 3.05) is 14.2 Å². The summed E-state index contributed by atoms with van der Waals surface area (Å²) in [6.07, 6.45) is 7.47. The number of ether oxygens (including phenoxy) is 2. The molecule has 0 aliphatic rings. The number of unbranched alkanes of at least 4 members (excludes halogenated alkanes) is 3. The highest BCUT2D eigenvalue weighted by Crippen LogP contribution is 2.31. The molecule has 0 saturated heterocycles. The molecule has 4 heteroatoms. The Morgan fingerprint density at radius 3 is 2.65 bits per heavy atom. The standard InChI is InChI=1S/C16H26N2O2/c1-4-5-6-7-8-9-15(18-17)14-12-13(19-2)10-11-16(14)20-3/h4,10-12,15,18H,1,5-9,17H2,2-3H3. The number of rotatable bonds is 10. The van der Waals surface area contributed by atoms with Crippen molar-refractivity contribution >= 4 is 0 Å². The Labute approximate surface area is 121 Å². The molecule has 3 N–H and O–H groups in total. The normalized spacial score (nSPS) is 11.9. The maximum atomic E-state index is 5.70. The average molecular weight is 278 g/mol. The van der Waals surface area contributed by atoms with Gasteiger partial charge in [0.2, 0.25) is 0 Å². The van der Waals surface area contributed by atoms with E-state index < -0.39 is 0 Å². The van der Waals surface area contributed by atoms with Gasteiger partial charge in [-0.25, -0.2) is 0 Å². The minimum absolute atomic E-state index is 0.0729. The van der Waals surface area contributed by atoms with Crippen LogP contribution in [-0.4, -0.2) is 14.2 Å². The van der Waals surface area contributed by atoms with E-state index in [1.807, 2.05) is 24.3 Å². The number of allylic oxidation sites excluding steroid dienone is 1. The molecule has 0 fully saturated rings. The summed E-state index contributed by atoms with van der Waals surface area (Å²) in [6.45, 7) is 3.74. The van der Waals surface area contributed by atoms with Crippen molar-refractivity contribution in [1.82, 2.24) is 5.43 Å². The van der Waals surface area contributed by atoms with E-state index in [4.69, 9.17) is 15.3 Å². The van der Waals surface area contributed by atoms with E-state index in [1.54, 1.807) is 14.2 Å². The number of hydrogen-bond donors (Lipinski definition) is 2. The van der Waals surface area contributed by atoms with Crippen LogP contribution in [0.15, 0.2) is 30.9 Å². The van der Waals surface area contributed by atoms with Crippen LogP contribution < -0.4 is 20.7 Å². The molecule has 0 bridgehead atoms. The lowest BCUT2D eigenvalue weighted by molar-refractivity contribution is 0.384. The van der Waals surface area contributed by atoms with Crippen LogP contribution in [0.1, 0.15) is 43.7 Å². The van der Waals surface area contributed by atoms with Crippen LogP contribution in [0.25, 0.3) is 0 Å². The Balaban J connectivity index is 2.69. The topological polar surface area (TPSA) is 56.5 Å². The molecular formula is C16H26N2O2. The fraction of sp³-hybridized carbons (Fsp3) is 0.500. The first kappa shape index (κ1) is 16.5. The van der Waals surface area contributed by atoms with Crippen LogP contribution in [0.5, 0.6) is 11.5 Å². The van der Waals surface area contributed by atoms with Gasteiger partial charge in [0.1, 0.15) is 11.5 Å². The van der Waals surface area contributed by atoms with Crippen molar-refractivity contribution in [2.45, 2.75) is 38.1 Å². The Morgan fingerprint density at radius 1 is 1.25 bits per heavy atom. The largest absolute Gasteiger partial charge is 0.497 e. The zero-order valence-corrected chi connectivity index (χ0v) is 12.5. The fourth-order valence-corrected chi connectivity index (χ4v) is 2.25. The van der Waals surface area contributed by atoms with E-state index >= 15 is 0 Å². The quantitative estimate of drug-likeness (QED) is 0.298. The molecule has 112 valence electrons. The summed E-state index contributed by atoms with van der Waals surface area (Å²) in [7, 11) is 3.33. The second kappa shape index (κ2) is 9.39. The lowest BCUT2D eigenvalue weighted by atomic mass is 9.99. The zero-order chi connectivity index (χ0) is 14.8. The number of benzene rings is 1. The summed E-state index contributed by atoms with van der Waals surface area (Å²) in [5.74, 6) is 7.34. The molecule has 0 aromatic heterocycles. The van der Waals surface area contributed by atoms with Crippen LogP contribution in [0.2, 0.25) is 0 Å². The van der Waals surface area contributed by atoms with Crippen LogP contribution in [-0.2, 0) is 0 Å². The third-order valence-electron chi connectivity index (χ3n) is 3.41. The maximum absolute atomic E-state index is 5.70. The summed E-state index contributed by atoms with van der Waals surface area (Å²) in [5.41, 5.74) is 3.92. The molecule has 0 amide bonds. The van der Waals surface area contributed by atoms with Gasteiger partial charge in [-0.2, -0.15) is 0 Å². The van der Waals surface area contributed by atoms with Crippen molar-refractivity contribution in [3.8, 4) is 11.5 Å². The van der Waals surface area contributed by atoms with Gasteiger partial charge >= 0.3 is 0 Å². The van der Waals surface area contributed by atoms with Gasteiger partial charge in [-0.1, -0.05) is 18.9 Å². The highest BCUT2D eigenvalue weighted by molar-refractivity contribution is 5.42. The molecule has 1 rings (SSSR count). The molecule has 0 radical (unpaired) electrons. The van der Waals surface area contributed by atoms with E-state index in [1.165, 1.54) is 12.8 Å². The summed E-state index contributed by atoms with van der Waals surface area (Å²) in [5, 5.41) is 0. The molecular weight excluding hydrogens is 252 g/mol. The van der Waals surface area contributed by atoms with E-state index in [-0.39, 0.29) is 6.04 Å². The van der Waals surface area contributed by atoms with Crippen molar-refractivity contribution in [2.24, 2.45) is 5.84 Å². The first-order valence-corrected chi connectivity index (χ1v) is 7.05. The van der Waals surface area contributed by atoms with Crippen LogP contribution in [0.4, 0.5) is 0 Å². The Kier molecular flexibility index (Phi) is 7.77. The van der Waals surface area contributed by atoms with E-state index in [9.17, 15) is 0 Å². The molecule has 0 aliphatic carbocycles. The molecule has 4 nitrogen and oxygen atoms in total. The predicted molar refractivity (Wildman–Crippen MR) is 82.9 cm³/mol. The van der Waals surface area contributed by atoms with Crippen LogP contribution >= 0.6 is 0 Å². The van der Waals surface area contributed by atoms with Gasteiger partial charge < -0.3 is 9.47 Å². The first-order chi connectivity index (χ1) is 9.76. The van der Waals surface area contributed by atoms with Crippen molar-refractivity contribution < 1.29 is 9.47 Å². The van der Waals surface area contributed by atoms with Gasteiger partial charge in [-0.15, -0.1) is 6.58 Å². The van der Waals surface area contributed by atoms with Gasteiger partial charge in [0, 0.05) is 11.6 Å². The van der Waals surface area contributed by atoms with Crippen molar-refractivity contribution in [3.63, 3.8) is 0 Å². The summed E-state index contributed by atoms with van der Waals surface area (Å²) >= 11 is 0. The number of hydrogen-bond acceptors (Lipinski definition) is 4. The van der Waals surface area contributed by atoms with E-state index in [0.29, 0.717) is 0 Å². The van der Waals surface area contributed by atoms with Gasteiger partial charge in [0.05, 0.1) is 14.2 Å². The van der Waals surface area contributed by atoms with E-state index in [0.717, 1.165) is 36.3 Å². The number of hydrazine groups is 1. The highest BCUT2D eigenvalue weighted by Gasteiger charge is 2.15. The molecule has 0 spiro atoms. The van der Waals surface area contributed by atoms with Crippen LogP contribution in [0.3, 0.4) is 0 Å². The molecule has 0 aliphatic heterocycles. The number of methoxy groups -OCH3 is 2. The zero-order valence-electron chi connectivity index (χ0n) is 12.5. The number of nitrogens with one attached hydrogen (secondary N) is 1. The molecule has 1 atom stereocenters. The fourth-order valence-electron chi connectivity index (χ4n) is 2.25. The molecule has 20 heavy (non-hydrogen) atoms. The Hall–Kier alpha value is -1.52. The Morgan fingerprint density at radius 2 is 2.05 bits per heavy atom. The van der Waals surface area contributed by atoms with E-state index in [2.05, 4.69) is 12.0 Å². The lowest BCUT2D eigenvalue weighted by Crippen LogP contribution is -2.28. The minimum Gasteiger partial charge on any atom is -0.497 e. The van der Waals surface area contributed by atoms with Crippen molar-refractivity contribution in [1.29, 1.82) is 0 Å². The highest BCUT2D eigenvalue weighted by atomic mass is 16.5. The second-order valence-electron chi connectivity index (χ2n) is 4.75. The first-order valence-electron chi connectivity index (χ1n) is 7.05. The third-order valence-corrected chi connectivity index (χ3v) is 3.41. The average Bonchev–Trinajstić information content (AvgIpc) is 2.50. The predicted octanol–water partition coefficient (Wildman–Crippen LogP) is 3.34. The number of nitrogens with two attached hydrogens (primary N) is 1.